The number of furan rings is 2. The average molecular weight is 446 g/mol. The topological polar surface area (TPSA) is 128 Å². The van der Waals surface area contributed by atoms with Crippen LogP contribution >= 0.6 is 0 Å². The van der Waals surface area contributed by atoms with E-state index in [1.165, 1.54) is 0 Å². The molecule has 33 heavy (non-hydrogen) atoms. The Morgan fingerprint density at radius 3 is 2.67 bits per heavy atom. The number of aryl methyl sites for hydroxylation is 1. The lowest BCUT2D eigenvalue weighted by atomic mass is 10.0. The number of amides is 1. The van der Waals surface area contributed by atoms with Gasteiger partial charge in [-0.1, -0.05) is 35.5 Å². The molecule has 166 valence electrons. The van der Waals surface area contributed by atoms with Crippen molar-refractivity contribution in [2.45, 2.75) is 31.8 Å². The van der Waals surface area contributed by atoms with Crippen molar-refractivity contribution < 1.29 is 32.8 Å². The van der Waals surface area contributed by atoms with Gasteiger partial charge in [-0.25, -0.2) is 4.79 Å². The van der Waals surface area contributed by atoms with Gasteiger partial charge in [-0.05, 0) is 43.2 Å². The molecule has 1 aromatic carbocycles. The van der Waals surface area contributed by atoms with Gasteiger partial charge < -0.3 is 23.2 Å². The number of carbonyl (C=O) groups is 2. The van der Waals surface area contributed by atoms with Gasteiger partial charge in [-0.15, -0.1) is 0 Å². The van der Waals surface area contributed by atoms with Crippen molar-refractivity contribution in [1.82, 2.24) is 5.16 Å². The molecule has 0 radical (unpaired) electrons. The van der Waals surface area contributed by atoms with Gasteiger partial charge >= 0.3 is 12.1 Å². The third kappa shape index (κ3) is 3.94. The quantitative estimate of drug-likeness (QED) is 0.426. The summed E-state index contributed by atoms with van der Waals surface area (Å²) >= 11 is 0. The van der Waals surface area contributed by atoms with E-state index >= 15 is 0 Å². The predicted molar refractivity (Wildman–Crippen MR) is 114 cm³/mol. The number of aliphatic carboxylic acids is 1. The monoisotopic (exact) mass is 446 g/mol. The molecule has 0 saturated heterocycles. The van der Waals surface area contributed by atoms with Gasteiger partial charge in [0.2, 0.25) is 0 Å². The molecule has 1 amide bonds. The fourth-order valence-electron chi connectivity index (χ4n) is 3.41. The van der Waals surface area contributed by atoms with Gasteiger partial charge in [0.1, 0.15) is 23.5 Å². The number of hydrogen-bond acceptors (Lipinski definition) is 7. The summed E-state index contributed by atoms with van der Waals surface area (Å²) in [6.45, 7) is 1.76. The average Bonchev–Trinajstić information content (AvgIpc) is 3.24. The summed E-state index contributed by atoms with van der Waals surface area (Å²) in [6.07, 6.45) is 0.420. The first-order valence-corrected chi connectivity index (χ1v) is 10.2. The number of benzene rings is 1. The molecule has 9 heteroatoms. The maximum atomic E-state index is 12.2. The van der Waals surface area contributed by atoms with Crippen LogP contribution < -0.4 is 5.32 Å². The highest BCUT2D eigenvalue weighted by Crippen LogP contribution is 2.50. The molecule has 5 rings (SSSR count). The van der Waals surface area contributed by atoms with E-state index in [0.29, 0.717) is 41.2 Å². The van der Waals surface area contributed by atoms with Gasteiger partial charge in [0.15, 0.2) is 17.2 Å². The van der Waals surface area contributed by atoms with E-state index in [0.717, 1.165) is 5.56 Å². The van der Waals surface area contributed by atoms with E-state index in [2.05, 4.69) is 22.3 Å². The number of anilines is 1. The number of carboxylic acid groups (broad SMARTS) is 1. The maximum Gasteiger partial charge on any atom is 0.412 e. The number of hydrogen-bond donors (Lipinski definition) is 2. The fourth-order valence-corrected chi connectivity index (χ4v) is 3.41. The minimum absolute atomic E-state index is 0.120. The SMILES string of the molecule is Cc1onc(C#Cc2cc3cc(C4(C(=O)O)CC4)oc3o2)c1NC(=O)OCc1ccccc1. The van der Waals surface area contributed by atoms with Crippen molar-refractivity contribution in [3.05, 3.63) is 71.0 Å². The Morgan fingerprint density at radius 1 is 1.18 bits per heavy atom. The smallest absolute Gasteiger partial charge is 0.412 e. The number of aromatic nitrogens is 1. The van der Waals surface area contributed by atoms with Gasteiger partial charge in [-0.2, -0.15) is 0 Å². The summed E-state index contributed by atoms with van der Waals surface area (Å²) in [5, 5.41) is 16.5. The second-order valence-electron chi connectivity index (χ2n) is 7.75. The van der Waals surface area contributed by atoms with E-state index in [4.69, 9.17) is 18.1 Å². The third-order valence-corrected chi connectivity index (χ3v) is 5.45. The number of fused-ring (bicyclic) bond motifs is 1. The fraction of sp³-hybridized carbons (Fsp3) is 0.208. The Kier molecular flexibility index (Phi) is 4.90. The molecule has 2 N–H and O–H groups in total. The minimum Gasteiger partial charge on any atom is -0.480 e. The van der Waals surface area contributed by atoms with E-state index in [1.54, 1.807) is 19.1 Å². The van der Waals surface area contributed by atoms with Crippen molar-refractivity contribution in [2.75, 3.05) is 5.32 Å². The van der Waals surface area contributed by atoms with E-state index in [9.17, 15) is 14.7 Å². The summed E-state index contributed by atoms with van der Waals surface area (Å²) in [5.41, 5.74) is 0.424. The number of carbonyl (C=O) groups excluding carboxylic acids is 1. The molecule has 9 nitrogen and oxygen atoms in total. The number of ether oxygens (including phenoxy) is 1. The zero-order valence-electron chi connectivity index (χ0n) is 17.5. The predicted octanol–water partition coefficient (Wildman–Crippen LogP) is 4.59. The van der Waals surface area contributed by atoms with Crippen LogP contribution in [0.1, 0.15) is 41.4 Å². The highest BCUT2D eigenvalue weighted by Gasteiger charge is 2.54. The van der Waals surface area contributed by atoms with Crippen LogP contribution in [-0.2, 0) is 21.6 Å². The molecule has 0 spiro atoms. The summed E-state index contributed by atoms with van der Waals surface area (Å²) in [4.78, 5) is 23.7. The lowest BCUT2D eigenvalue weighted by Gasteiger charge is -2.06. The Morgan fingerprint density at radius 2 is 1.97 bits per heavy atom. The van der Waals surface area contributed by atoms with Crippen LogP contribution in [0.15, 0.2) is 55.8 Å². The van der Waals surface area contributed by atoms with E-state index < -0.39 is 17.5 Å². The zero-order valence-corrected chi connectivity index (χ0v) is 17.5. The third-order valence-electron chi connectivity index (χ3n) is 5.45. The minimum atomic E-state index is -0.943. The molecule has 3 heterocycles. The second-order valence-corrected chi connectivity index (χ2v) is 7.75. The molecule has 1 saturated carbocycles. The molecule has 3 aromatic heterocycles. The van der Waals surface area contributed by atoms with Crippen LogP contribution in [-0.4, -0.2) is 22.3 Å². The molecule has 1 fully saturated rings. The summed E-state index contributed by atoms with van der Waals surface area (Å²) in [5.74, 6) is 5.98. The number of nitrogens with one attached hydrogen (secondary N) is 1. The first-order valence-electron chi connectivity index (χ1n) is 10.2. The van der Waals surface area contributed by atoms with Crippen molar-refractivity contribution in [2.24, 2.45) is 0 Å². The number of rotatable bonds is 5. The number of nitrogens with zero attached hydrogens (tertiary/aromatic N) is 1. The summed E-state index contributed by atoms with van der Waals surface area (Å²) < 4.78 is 21.6. The first kappa shape index (κ1) is 20.5. The molecule has 1 aliphatic rings. The van der Waals surface area contributed by atoms with Crippen molar-refractivity contribution >= 4 is 28.9 Å². The molecule has 4 aromatic rings. The molecule has 0 atom stereocenters. The zero-order chi connectivity index (χ0) is 23.0. The van der Waals surface area contributed by atoms with Gasteiger partial charge in [0, 0.05) is 6.07 Å². The Hall–Kier alpha value is -4.45. The Balaban J connectivity index is 1.29. The van der Waals surface area contributed by atoms with Gasteiger partial charge in [0.05, 0.1) is 5.39 Å². The van der Waals surface area contributed by atoms with Gasteiger partial charge in [-0.3, -0.25) is 10.1 Å². The van der Waals surface area contributed by atoms with E-state index in [-0.39, 0.29) is 18.1 Å². The molecule has 0 aliphatic heterocycles. The molecule has 0 bridgehead atoms. The summed E-state index contributed by atoms with van der Waals surface area (Å²) in [7, 11) is 0. The normalized spacial score (nSPS) is 13.8. The van der Waals surface area contributed by atoms with Crippen LogP contribution in [0.2, 0.25) is 0 Å². The highest BCUT2D eigenvalue weighted by atomic mass is 16.5. The maximum absolute atomic E-state index is 12.2. The molecular formula is C24H18N2O7. The largest absolute Gasteiger partial charge is 0.480 e. The Bertz CT molecular complexity index is 1380. The molecule has 1 aliphatic carbocycles. The van der Waals surface area contributed by atoms with E-state index in [1.807, 2.05) is 30.3 Å². The van der Waals surface area contributed by atoms with Crippen LogP contribution in [0.25, 0.3) is 11.2 Å². The highest BCUT2D eigenvalue weighted by molar-refractivity contribution is 5.87. The lowest BCUT2D eigenvalue weighted by molar-refractivity contribution is -0.140. The van der Waals surface area contributed by atoms with Gasteiger partial charge in [0.25, 0.3) is 5.78 Å². The molecule has 0 unspecified atom stereocenters. The van der Waals surface area contributed by atoms with Crippen LogP contribution in [0.4, 0.5) is 10.5 Å². The van der Waals surface area contributed by atoms with Crippen LogP contribution in [0.5, 0.6) is 0 Å². The van der Waals surface area contributed by atoms with Crippen molar-refractivity contribution in [3.8, 4) is 11.8 Å². The van der Waals surface area contributed by atoms with Crippen molar-refractivity contribution in [3.63, 3.8) is 0 Å². The second kappa shape index (κ2) is 7.91. The standard InChI is InChI=1S/C24H18N2O7/c1-14-20(25-23(29)30-13-15-5-3-2-4-6-15)18(26-33-14)8-7-17-11-16-12-19(32-21(16)31-17)24(9-10-24)22(27)28/h2-6,11-12H,9-10,13H2,1H3,(H,25,29)(H,27,28). The van der Waals surface area contributed by atoms with Crippen LogP contribution in [0, 0.1) is 18.8 Å². The Labute approximate surface area is 187 Å². The summed E-state index contributed by atoms with van der Waals surface area (Å²) in [6, 6.07) is 12.6. The number of carboxylic acids is 1. The van der Waals surface area contributed by atoms with Crippen LogP contribution in [0.3, 0.4) is 0 Å². The lowest BCUT2D eigenvalue weighted by Crippen LogP contribution is -2.18. The molecular weight excluding hydrogens is 428 g/mol. The first-order chi connectivity index (χ1) is 15.9. The van der Waals surface area contributed by atoms with Crippen molar-refractivity contribution in [1.29, 1.82) is 0 Å².